The van der Waals surface area contributed by atoms with E-state index >= 15 is 0 Å². The summed E-state index contributed by atoms with van der Waals surface area (Å²) in [5, 5.41) is 9.01. The first kappa shape index (κ1) is 31.1. The quantitative estimate of drug-likeness (QED) is 0.179. The molecular formula is C51H31N3O. The van der Waals surface area contributed by atoms with Crippen LogP contribution in [0.25, 0.3) is 111 Å². The number of rotatable bonds is 5. The Kier molecular flexibility index (Phi) is 7.14. The highest BCUT2D eigenvalue weighted by Crippen LogP contribution is 2.42. The van der Waals surface area contributed by atoms with E-state index in [4.69, 9.17) is 19.4 Å². The van der Waals surface area contributed by atoms with Gasteiger partial charge in [-0.1, -0.05) is 146 Å². The minimum atomic E-state index is 0.618. The predicted molar refractivity (Wildman–Crippen MR) is 227 cm³/mol. The average Bonchev–Trinajstić information content (AvgIpc) is 3.64. The van der Waals surface area contributed by atoms with E-state index in [0.29, 0.717) is 17.5 Å². The second-order valence-electron chi connectivity index (χ2n) is 14.0. The molecule has 0 radical (unpaired) electrons. The Bertz CT molecular complexity index is 3180. The van der Waals surface area contributed by atoms with E-state index in [-0.39, 0.29) is 0 Å². The van der Waals surface area contributed by atoms with Gasteiger partial charge in [0.2, 0.25) is 0 Å². The standard InChI is InChI=1S/C51H31N3O/c1-2-11-32(12-3-1)37-25-26-43-45(30-37)44(31-46-42-19-8-9-20-47(42)55-48(43)46)38-17-10-18-39(29-38)49-52-50(40-23-21-33-13-4-6-15-35(33)27-40)54-51(53-49)41-24-22-34-14-5-7-16-36(34)28-41/h1-31H. The lowest BCUT2D eigenvalue weighted by atomic mass is 9.92. The molecule has 0 unspecified atom stereocenters. The highest BCUT2D eigenvalue weighted by atomic mass is 16.3. The molecule has 11 aromatic rings. The Hall–Kier alpha value is -7.43. The minimum Gasteiger partial charge on any atom is -0.455 e. The van der Waals surface area contributed by atoms with Crippen molar-refractivity contribution in [3.8, 4) is 56.4 Å². The fourth-order valence-electron chi connectivity index (χ4n) is 7.89. The summed E-state index contributed by atoms with van der Waals surface area (Å²) < 4.78 is 6.53. The van der Waals surface area contributed by atoms with Gasteiger partial charge < -0.3 is 4.42 Å². The van der Waals surface area contributed by atoms with E-state index in [0.717, 1.165) is 76.9 Å². The van der Waals surface area contributed by atoms with Crippen LogP contribution in [0.15, 0.2) is 192 Å². The topological polar surface area (TPSA) is 51.8 Å². The summed E-state index contributed by atoms with van der Waals surface area (Å²) >= 11 is 0. The number of aromatic nitrogens is 3. The van der Waals surface area contributed by atoms with Crippen LogP contribution in [-0.2, 0) is 0 Å². The SMILES string of the molecule is c1ccc(-c2ccc3c(c2)c(-c2cccc(-c4nc(-c5ccc6ccccc6c5)nc(-c5ccc6ccccc6c5)n4)c2)cc2c4ccccc4oc32)cc1. The zero-order valence-electron chi connectivity index (χ0n) is 29.6. The molecule has 0 bridgehead atoms. The zero-order valence-corrected chi connectivity index (χ0v) is 29.6. The highest BCUT2D eigenvalue weighted by molar-refractivity contribution is 6.19. The molecule has 0 amide bonds. The Morgan fingerprint density at radius 2 is 0.836 bits per heavy atom. The van der Waals surface area contributed by atoms with Crippen LogP contribution in [0.3, 0.4) is 0 Å². The van der Waals surface area contributed by atoms with Crippen molar-refractivity contribution in [1.82, 2.24) is 15.0 Å². The monoisotopic (exact) mass is 701 g/mol. The van der Waals surface area contributed by atoms with Crippen LogP contribution >= 0.6 is 0 Å². The Morgan fingerprint density at radius 1 is 0.291 bits per heavy atom. The van der Waals surface area contributed by atoms with Gasteiger partial charge in [-0.05, 0) is 91.6 Å². The van der Waals surface area contributed by atoms with Gasteiger partial charge in [0.25, 0.3) is 0 Å². The van der Waals surface area contributed by atoms with Crippen molar-refractivity contribution in [2.75, 3.05) is 0 Å². The van der Waals surface area contributed by atoms with Crippen LogP contribution < -0.4 is 0 Å². The van der Waals surface area contributed by atoms with Crippen LogP contribution in [0.2, 0.25) is 0 Å². The molecule has 55 heavy (non-hydrogen) atoms. The Morgan fingerprint density at radius 3 is 1.53 bits per heavy atom. The molecule has 0 N–H and O–H groups in total. The molecule has 2 aromatic heterocycles. The van der Waals surface area contributed by atoms with Gasteiger partial charge in [0.05, 0.1) is 0 Å². The molecule has 0 aliphatic carbocycles. The summed E-state index contributed by atoms with van der Waals surface area (Å²) in [5.74, 6) is 1.88. The lowest BCUT2D eigenvalue weighted by molar-refractivity contribution is 0.672. The number of benzene rings is 9. The Balaban J connectivity index is 1.12. The van der Waals surface area contributed by atoms with Gasteiger partial charge in [-0.25, -0.2) is 15.0 Å². The minimum absolute atomic E-state index is 0.618. The second-order valence-corrected chi connectivity index (χ2v) is 14.0. The summed E-state index contributed by atoms with van der Waals surface area (Å²) in [6.45, 7) is 0. The van der Waals surface area contributed by atoms with Crippen molar-refractivity contribution < 1.29 is 4.42 Å². The fraction of sp³-hybridized carbons (Fsp3) is 0. The Labute approximate surface area is 317 Å². The summed E-state index contributed by atoms with van der Waals surface area (Å²) in [4.78, 5) is 15.4. The van der Waals surface area contributed by atoms with E-state index in [2.05, 4.69) is 176 Å². The molecule has 0 saturated carbocycles. The molecule has 9 aromatic carbocycles. The molecule has 0 saturated heterocycles. The van der Waals surface area contributed by atoms with E-state index in [9.17, 15) is 0 Å². The maximum Gasteiger partial charge on any atom is 0.164 e. The first-order valence-electron chi connectivity index (χ1n) is 18.5. The largest absolute Gasteiger partial charge is 0.455 e. The van der Waals surface area contributed by atoms with Gasteiger partial charge in [0.1, 0.15) is 11.2 Å². The van der Waals surface area contributed by atoms with Crippen molar-refractivity contribution in [2.45, 2.75) is 0 Å². The van der Waals surface area contributed by atoms with Gasteiger partial charge in [-0.2, -0.15) is 0 Å². The van der Waals surface area contributed by atoms with Crippen molar-refractivity contribution >= 4 is 54.3 Å². The summed E-state index contributed by atoms with van der Waals surface area (Å²) in [5.41, 5.74) is 9.08. The van der Waals surface area contributed by atoms with Crippen LogP contribution in [0, 0.1) is 0 Å². The average molecular weight is 702 g/mol. The molecule has 0 aliphatic rings. The molecule has 4 nitrogen and oxygen atoms in total. The van der Waals surface area contributed by atoms with Crippen LogP contribution in [0.5, 0.6) is 0 Å². The molecule has 0 spiro atoms. The molecule has 4 heteroatoms. The molecule has 11 rings (SSSR count). The van der Waals surface area contributed by atoms with Crippen molar-refractivity contribution in [3.05, 3.63) is 188 Å². The third-order valence-electron chi connectivity index (χ3n) is 10.7. The third-order valence-corrected chi connectivity index (χ3v) is 10.7. The van der Waals surface area contributed by atoms with Gasteiger partial charge in [-0.15, -0.1) is 0 Å². The van der Waals surface area contributed by atoms with Gasteiger partial charge in [0, 0.05) is 32.8 Å². The molecular weight excluding hydrogens is 671 g/mol. The molecule has 0 aliphatic heterocycles. The number of fused-ring (bicyclic) bond motifs is 7. The van der Waals surface area contributed by atoms with E-state index in [1.807, 2.05) is 12.1 Å². The van der Waals surface area contributed by atoms with Gasteiger partial charge in [0.15, 0.2) is 17.5 Å². The lowest BCUT2D eigenvalue weighted by Crippen LogP contribution is -2.00. The first-order chi connectivity index (χ1) is 27.2. The maximum absolute atomic E-state index is 6.53. The molecule has 2 heterocycles. The van der Waals surface area contributed by atoms with E-state index in [1.54, 1.807) is 0 Å². The summed E-state index contributed by atoms with van der Waals surface area (Å²) in [6.07, 6.45) is 0. The first-order valence-corrected chi connectivity index (χ1v) is 18.5. The highest BCUT2D eigenvalue weighted by Gasteiger charge is 2.18. The second kappa shape index (κ2) is 12.6. The lowest BCUT2D eigenvalue weighted by Gasteiger charge is -2.13. The van der Waals surface area contributed by atoms with Crippen molar-refractivity contribution in [2.24, 2.45) is 0 Å². The van der Waals surface area contributed by atoms with Crippen LogP contribution in [-0.4, -0.2) is 15.0 Å². The van der Waals surface area contributed by atoms with Crippen LogP contribution in [0.4, 0.5) is 0 Å². The van der Waals surface area contributed by atoms with Crippen molar-refractivity contribution in [3.63, 3.8) is 0 Å². The van der Waals surface area contributed by atoms with Crippen LogP contribution in [0.1, 0.15) is 0 Å². The number of hydrogen-bond donors (Lipinski definition) is 0. The zero-order chi connectivity index (χ0) is 36.3. The molecule has 0 fully saturated rings. The summed E-state index contributed by atoms with van der Waals surface area (Å²) in [7, 11) is 0. The van der Waals surface area contributed by atoms with Crippen molar-refractivity contribution in [1.29, 1.82) is 0 Å². The maximum atomic E-state index is 6.53. The summed E-state index contributed by atoms with van der Waals surface area (Å²) in [6, 6.07) is 65.9. The normalized spacial score (nSPS) is 11.6. The van der Waals surface area contributed by atoms with Gasteiger partial charge >= 0.3 is 0 Å². The number of hydrogen-bond acceptors (Lipinski definition) is 4. The van der Waals surface area contributed by atoms with Gasteiger partial charge in [-0.3, -0.25) is 0 Å². The molecule has 0 atom stereocenters. The number of furan rings is 1. The molecule has 256 valence electrons. The third kappa shape index (κ3) is 5.43. The van der Waals surface area contributed by atoms with E-state index < -0.39 is 0 Å². The number of para-hydroxylation sites is 1. The predicted octanol–water partition coefficient (Wildman–Crippen LogP) is 13.6. The number of nitrogens with zero attached hydrogens (tertiary/aromatic N) is 3. The fourth-order valence-corrected chi connectivity index (χ4v) is 7.89. The smallest absolute Gasteiger partial charge is 0.164 e. The van der Waals surface area contributed by atoms with E-state index in [1.165, 1.54) is 16.3 Å².